The van der Waals surface area contributed by atoms with Crippen LogP contribution in [0.5, 0.6) is 11.6 Å². The molecule has 3 rings (SSSR count). The number of guanidine groups is 1. The number of rotatable bonds is 8. The fraction of sp³-hybridized carbons (Fsp3) is 0.273. The Hall–Kier alpha value is -3.39. The second-order valence-electron chi connectivity index (χ2n) is 6.86. The first-order valence-corrected chi connectivity index (χ1v) is 9.63. The Balaban J connectivity index is 1.58. The highest BCUT2D eigenvalue weighted by Crippen LogP contribution is 2.20. The zero-order valence-corrected chi connectivity index (χ0v) is 16.9. The molecule has 0 spiro atoms. The van der Waals surface area contributed by atoms with Gasteiger partial charge in [-0.3, -0.25) is 0 Å². The number of halogens is 1. The van der Waals surface area contributed by atoms with Crippen molar-refractivity contribution in [3.05, 3.63) is 78.1 Å². The molecule has 0 bridgehead atoms. The van der Waals surface area contributed by atoms with Crippen LogP contribution in [0.3, 0.4) is 0 Å². The Morgan fingerprint density at radius 3 is 2.63 bits per heavy atom. The van der Waals surface area contributed by atoms with Crippen LogP contribution in [0.1, 0.15) is 25.2 Å². The van der Waals surface area contributed by atoms with Gasteiger partial charge in [-0.2, -0.15) is 0 Å². The quantitative estimate of drug-likeness (QED) is 0.387. The lowest BCUT2D eigenvalue weighted by Crippen LogP contribution is -2.44. The highest BCUT2D eigenvalue weighted by atomic mass is 19.1. The minimum Gasteiger partial charge on any atom is -0.466 e. The Kier molecular flexibility index (Phi) is 7.03. The molecule has 0 saturated heterocycles. The number of furan rings is 1. The number of nitrogens with one attached hydrogen (secondary N) is 2. The number of benzene rings is 1. The molecule has 1 unspecified atom stereocenters. The minimum absolute atomic E-state index is 0.231. The average Bonchev–Trinajstić information content (AvgIpc) is 3.29. The molecule has 0 aliphatic rings. The molecule has 3 N–H and O–H groups in total. The van der Waals surface area contributed by atoms with Crippen LogP contribution in [0.15, 0.2) is 70.4 Å². The van der Waals surface area contributed by atoms with Gasteiger partial charge < -0.3 is 24.9 Å². The summed E-state index contributed by atoms with van der Waals surface area (Å²) in [6, 6.07) is 12.8. The Bertz CT molecular complexity index is 940. The molecule has 1 aromatic carbocycles. The van der Waals surface area contributed by atoms with Crippen molar-refractivity contribution in [3.63, 3.8) is 0 Å². The van der Waals surface area contributed by atoms with E-state index in [0.29, 0.717) is 36.4 Å². The molecular formula is C22H25FN4O3. The fourth-order valence-electron chi connectivity index (χ4n) is 2.63. The molecule has 2 aromatic heterocycles. The number of aliphatic imine (C=N–C) groups is 1. The van der Waals surface area contributed by atoms with Crippen molar-refractivity contribution in [2.75, 3.05) is 13.1 Å². The third-order valence-corrected chi connectivity index (χ3v) is 4.25. The Morgan fingerprint density at radius 2 is 2.00 bits per heavy atom. The van der Waals surface area contributed by atoms with E-state index in [1.165, 1.54) is 18.4 Å². The Labute approximate surface area is 174 Å². The Morgan fingerprint density at radius 1 is 1.20 bits per heavy atom. The van der Waals surface area contributed by atoms with Crippen LogP contribution in [0, 0.1) is 5.82 Å². The zero-order valence-electron chi connectivity index (χ0n) is 16.9. The van der Waals surface area contributed by atoms with Gasteiger partial charge >= 0.3 is 0 Å². The summed E-state index contributed by atoms with van der Waals surface area (Å²) in [5, 5.41) is 16.8. The molecule has 8 heteroatoms. The van der Waals surface area contributed by atoms with Crippen LogP contribution < -0.4 is 15.4 Å². The number of hydrogen-bond donors (Lipinski definition) is 3. The zero-order chi connectivity index (χ0) is 21.4. The molecule has 0 aliphatic carbocycles. The van der Waals surface area contributed by atoms with Gasteiger partial charge in [0.25, 0.3) is 0 Å². The van der Waals surface area contributed by atoms with E-state index in [2.05, 4.69) is 20.6 Å². The van der Waals surface area contributed by atoms with Crippen molar-refractivity contribution in [1.29, 1.82) is 0 Å². The summed E-state index contributed by atoms with van der Waals surface area (Å²) in [4.78, 5) is 8.78. The lowest BCUT2D eigenvalue weighted by Gasteiger charge is -2.22. The van der Waals surface area contributed by atoms with Crippen LogP contribution >= 0.6 is 0 Å². The molecule has 0 amide bonds. The molecule has 0 saturated carbocycles. The van der Waals surface area contributed by atoms with Crippen LogP contribution in [0.4, 0.5) is 4.39 Å². The standard InChI is InChI=1S/C22H25FN4O3/c1-3-24-21(27-15-22(2,28)19-5-4-12-29-19)26-14-16-6-11-20(25-13-16)30-18-9-7-17(23)8-10-18/h4-13,28H,3,14-15H2,1-2H3,(H2,24,26,27). The number of aliphatic hydroxyl groups is 1. The summed E-state index contributed by atoms with van der Waals surface area (Å²) < 4.78 is 23.8. The van der Waals surface area contributed by atoms with Gasteiger partial charge in [0, 0.05) is 18.8 Å². The first-order chi connectivity index (χ1) is 14.5. The van der Waals surface area contributed by atoms with Crippen LogP contribution in [0.25, 0.3) is 0 Å². The number of ether oxygens (including phenoxy) is 1. The largest absolute Gasteiger partial charge is 0.466 e. The monoisotopic (exact) mass is 412 g/mol. The highest BCUT2D eigenvalue weighted by molar-refractivity contribution is 5.79. The van der Waals surface area contributed by atoms with Crippen molar-refractivity contribution >= 4 is 5.96 Å². The van der Waals surface area contributed by atoms with Crippen molar-refractivity contribution < 1.29 is 18.7 Å². The third kappa shape index (κ3) is 6.05. The maximum atomic E-state index is 13.0. The normalized spacial score (nSPS) is 13.5. The number of hydrogen-bond acceptors (Lipinski definition) is 5. The lowest BCUT2D eigenvalue weighted by atomic mass is 10.0. The van der Waals surface area contributed by atoms with E-state index in [9.17, 15) is 9.50 Å². The third-order valence-electron chi connectivity index (χ3n) is 4.25. The van der Waals surface area contributed by atoms with E-state index in [-0.39, 0.29) is 12.4 Å². The summed E-state index contributed by atoms with van der Waals surface area (Å²) in [7, 11) is 0. The SMILES string of the molecule is CCNC(=NCc1ccc(Oc2ccc(F)cc2)nc1)NCC(C)(O)c1ccco1. The van der Waals surface area contributed by atoms with Gasteiger partial charge in [0.1, 0.15) is 22.9 Å². The van der Waals surface area contributed by atoms with E-state index in [1.807, 2.05) is 13.0 Å². The molecule has 3 aromatic rings. The predicted molar refractivity (Wildman–Crippen MR) is 112 cm³/mol. The van der Waals surface area contributed by atoms with Crippen LogP contribution in [0.2, 0.25) is 0 Å². The molecule has 7 nitrogen and oxygen atoms in total. The van der Waals surface area contributed by atoms with Crippen molar-refractivity contribution in [1.82, 2.24) is 15.6 Å². The van der Waals surface area contributed by atoms with Gasteiger partial charge in [-0.15, -0.1) is 0 Å². The number of nitrogens with zero attached hydrogens (tertiary/aromatic N) is 2. The lowest BCUT2D eigenvalue weighted by molar-refractivity contribution is 0.0386. The second-order valence-corrected chi connectivity index (χ2v) is 6.86. The van der Waals surface area contributed by atoms with E-state index in [4.69, 9.17) is 9.15 Å². The molecule has 30 heavy (non-hydrogen) atoms. The van der Waals surface area contributed by atoms with E-state index >= 15 is 0 Å². The maximum Gasteiger partial charge on any atom is 0.219 e. The maximum absolute atomic E-state index is 13.0. The fourth-order valence-corrected chi connectivity index (χ4v) is 2.63. The topological polar surface area (TPSA) is 91.9 Å². The number of aromatic nitrogens is 1. The molecule has 158 valence electrons. The van der Waals surface area contributed by atoms with E-state index in [1.54, 1.807) is 43.5 Å². The van der Waals surface area contributed by atoms with Crippen molar-refractivity contribution in [3.8, 4) is 11.6 Å². The first kappa shape index (κ1) is 21.3. The van der Waals surface area contributed by atoms with Crippen molar-refractivity contribution in [2.45, 2.75) is 26.0 Å². The second kappa shape index (κ2) is 9.89. The molecule has 0 radical (unpaired) electrons. The predicted octanol–water partition coefficient (Wildman–Crippen LogP) is 3.57. The van der Waals surface area contributed by atoms with Gasteiger partial charge in [0.2, 0.25) is 5.88 Å². The van der Waals surface area contributed by atoms with E-state index < -0.39 is 5.60 Å². The highest BCUT2D eigenvalue weighted by Gasteiger charge is 2.26. The summed E-state index contributed by atoms with van der Waals surface area (Å²) in [5.74, 6) is 1.65. The summed E-state index contributed by atoms with van der Waals surface area (Å²) in [5.41, 5.74) is -0.280. The van der Waals surface area contributed by atoms with E-state index in [0.717, 1.165) is 5.56 Å². The van der Waals surface area contributed by atoms with Gasteiger partial charge in [-0.1, -0.05) is 6.07 Å². The summed E-state index contributed by atoms with van der Waals surface area (Å²) >= 11 is 0. The van der Waals surface area contributed by atoms with Crippen molar-refractivity contribution in [2.24, 2.45) is 4.99 Å². The number of pyridine rings is 1. The molecule has 0 fully saturated rings. The smallest absolute Gasteiger partial charge is 0.219 e. The van der Waals surface area contributed by atoms with Gasteiger partial charge in [0.05, 0.1) is 19.4 Å². The summed E-state index contributed by atoms with van der Waals surface area (Å²) in [6.45, 7) is 4.94. The first-order valence-electron chi connectivity index (χ1n) is 9.63. The van der Waals surface area contributed by atoms with Gasteiger partial charge in [-0.05, 0) is 55.8 Å². The molecular weight excluding hydrogens is 387 g/mol. The average molecular weight is 412 g/mol. The molecule has 2 heterocycles. The van der Waals surface area contributed by atoms with Gasteiger partial charge in [0.15, 0.2) is 5.96 Å². The minimum atomic E-state index is -1.17. The van der Waals surface area contributed by atoms with Gasteiger partial charge in [-0.25, -0.2) is 14.4 Å². The summed E-state index contributed by atoms with van der Waals surface area (Å²) in [6.07, 6.45) is 3.20. The van der Waals surface area contributed by atoms with Crippen LogP contribution in [-0.4, -0.2) is 29.1 Å². The van der Waals surface area contributed by atoms with Crippen LogP contribution in [-0.2, 0) is 12.1 Å². The molecule has 0 aliphatic heterocycles. The molecule has 1 atom stereocenters.